The molecule has 0 saturated heterocycles. The molecule has 0 bridgehead atoms. The summed E-state index contributed by atoms with van der Waals surface area (Å²) in [6, 6.07) is 2.92. The molecule has 1 aliphatic carbocycles. The number of carbonyl (C=O) groups excluding carboxylic acids is 1. The van der Waals surface area contributed by atoms with Crippen LogP contribution in [0.4, 0.5) is 4.39 Å². The van der Waals surface area contributed by atoms with Crippen LogP contribution in [0.3, 0.4) is 0 Å². The SMILES string of the molecule is O=C(NC1CCCCC1)c1cc(I)c(F)cc1Cl. The van der Waals surface area contributed by atoms with Crippen molar-refractivity contribution in [3.8, 4) is 0 Å². The predicted octanol–water partition coefficient (Wildman–Crippen LogP) is 4.15. The van der Waals surface area contributed by atoms with E-state index >= 15 is 0 Å². The predicted molar refractivity (Wildman–Crippen MR) is 78.5 cm³/mol. The van der Waals surface area contributed by atoms with E-state index in [2.05, 4.69) is 5.32 Å². The normalized spacial score (nSPS) is 16.6. The van der Waals surface area contributed by atoms with E-state index < -0.39 is 5.82 Å². The summed E-state index contributed by atoms with van der Waals surface area (Å²) in [4.78, 5) is 12.1. The van der Waals surface area contributed by atoms with E-state index in [1.54, 1.807) is 0 Å². The van der Waals surface area contributed by atoms with E-state index in [1.165, 1.54) is 18.6 Å². The minimum Gasteiger partial charge on any atom is -0.349 e. The van der Waals surface area contributed by atoms with Gasteiger partial charge in [0.25, 0.3) is 5.91 Å². The number of nitrogens with one attached hydrogen (secondary N) is 1. The second-order valence-corrected chi connectivity index (χ2v) is 6.12. The quantitative estimate of drug-likeness (QED) is 0.605. The van der Waals surface area contributed by atoms with Gasteiger partial charge in [-0.15, -0.1) is 0 Å². The summed E-state index contributed by atoms with van der Waals surface area (Å²) in [5.74, 6) is -0.598. The van der Waals surface area contributed by atoms with Crippen LogP contribution in [0.15, 0.2) is 12.1 Å². The lowest BCUT2D eigenvalue weighted by molar-refractivity contribution is 0.0928. The standard InChI is InChI=1S/C13H14ClFINO/c14-10-7-11(15)12(16)6-9(10)13(18)17-8-4-2-1-3-5-8/h6-8H,1-5H2,(H,17,18). The minimum atomic E-state index is -0.394. The Balaban J connectivity index is 2.10. The van der Waals surface area contributed by atoms with Crippen molar-refractivity contribution in [3.63, 3.8) is 0 Å². The van der Waals surface area contributed by atoms with Gasteiger partial charge in [-0.3, -0.25) is 4.79 Å². The maximum atomic E-state index is 13.3. The van der Waals surface area contributed by atoms with Crippen molar-refractivity contribution < 1.29 is 9.18 Å². The Labute approximate surface area is 124 Å². The van der Waals surface area contributed by atoms with Gasteiger partial charge in [0.15, 0.2) is 0 Å². The molecule has 1 amide bonds. The summed E-state index contributed by atoms with van der Waals surface area (Å²) in [7, 11) is 0. The third kappa shape index (κ3) is 3.35. The number of carbonyl (C=O) groups is 1. The molecule has 2 rings (SSSR count). The molecule has 1 N–H and O–H groups in total. The highest BCUT2D eigenvalue weighted by Gasteiger charge is 2.19. The van der Waals surface area contributed by atoms with Crippen LogP contribution >= 0.6 is 34.2 Å². The fourth-order valence-corrected chi connectivity index (χ4v) is 2.91. The molecular formula is C13H14ClFINO. The molecule has 0 unspecified atom stereocenters. The molecule has 2 nitrogen and oxygen atoms in total. The zero-order valence-corrected chi connectivity index (χ0v) is 12.7. The summed E-state index contributed by atoms with van der Waals surface area (Å²) in [6.07, 6.45) is 5.57. The Morgan fingerprint density at radius 3 is 2.67 bits per heavy atom. The summed E-state index contributed by atoms with van der Waals surface area (Å²) >= 11 is 7.77. The first kappa shape index (κ1) is 14.1. The molecule has 1 saturated carbocycles. The fourth-order valence-electron chi connectivity index (χ4n) is 2.21. The number of hydrogen-bond acceptors (Lipinski definition) is 1. The van der Waals surface area contributed by atoms with Crippen LogP contribution in [0.5, 0.6) is 0 Å². The molecule has 1 aromatic carbocycles. The smallest absolute Gasteiger partial charge is 0.253 e. The summed E-state index contributed by atoms with van der Waals surface area (Å²) in [6.45, 7) is 0. The Hall–Kier alpha value is -0.360. The van der Waals surface area contributed by atoms with Gasteiger partial charge in [0.05, 0.1) is 10.6 Å². The van der Waals surface area contributed by atoms with Crippen molar-refractivity contribution in [2.24, 2.45) is 0 Å². The van der Waals surface area contributed by atoms with E-state index in [4.69, 9.17) is 11.6 Å². The molecule has 0 radical (unpaired) electrons. The lowest BCUT2D eigenvalue weighted by atomic mass is 9.95. The van der Waals surface area contributed by atoms with Gasteiger partial charge in [-0.2, -0.15) is 0 Å². The van der Waals surface area contributed by atoms with Crippen LogP contribution < -0.4 is 5.32 Å². The average molecular weight is 382 g/mol. The van der Waals surface area contributed by atoms with Crippen LogP contribution in [0.1, 0.15) is 42.5 Å². The molecule has 0 aromatic heterocycles. The topological polar surface area (TPSA) is 29.1 Å². The van der Waals surface area contributed by atoms with Gasteiger partial charge in [-0.1, -0.05) is 30.9 Å². The van der Waals surface area contributed by atoms with Crippen molar-refractivity contribution >= 4 is 40.1 Å². The van der Waals surface area contributed by atoms with E-state index in [9.17, 15) is 9.18 Å². The highest BCUT2D eigenvalue weighted by Crippen LogP contribution is 2.23. The largest absolute Gasteiger partial charge is 0.349 e. The third-order valence-electron chi connectivity index (χ3n) is 3.19. The second kappa shape index (κ2) is 6.19. The van der Waals surface area contributed by atoms with Crippen molar-refractivity contribution in [2.75, 3.05) is 0 Å². The lowest BCUT2D eigenvalue weighted by Crippen LogP contribution is -2.36. The number of halogens is 3. The van der Waals surface area contributed by atoms with Crippen molar-refractivity contribution in [3.05, 3.63) is 32.1 Å². The van der Waals surface area contributed by atoms with E-state index in [0.717, 1.165) is 25.7 Å². The highest BCUT2D eigenvalue weighted by atomic mass is 127. The molecule has 18 heavy (non-hydrogen) atoms. The zero-order valence-electron chi connectivity index (χ0n) is 9.81. The van der Waals surface area contributed by atoms with E-state index in [1.807, 2.05) is 22.6 Å². The highest BCUT2D eigenvalue weighted by molar-refractivity contribution is 14.1. The number of amides is 1. The number of rotatable bonds is 2. The molecule has 0 atom stereocenters. The van der Waals surface area contributed by atoms with Gasteiger partial charge in [-0.25, -0.2) is 4.39 Å². The molecule has 0 aliphatic heterocycles. The van der Waals surface area contributed by atoms with E-state index in [0.29, 0.717) is 9.13 Å². The van der Waals surface area contributed by atoms with Gasteiger partial charge < -0.3 is 5.32 Å². The molecule has 5 heteroatoms. The Morgan fingerprint density at radius 2 is 2.00 bits per heavy atom. The molecule has 0 heterocycles. The molecule has 0 spiro atoms. The molecule has 98 valence electrons. The summed E-state index contributed by atoms with van der Waals surface area (Å²) < 4.78 is 13.7. The average Bonchev–Trinajstić information content (AvgIpc) is 2.35. The Bertz CT molecular complexity index is 461. The van der Waals surface area contributed by atoms with Crippen LogP contribution in [-0.2, 0) is 0 Å². The lowest BCUT2D eigenvalue weighted by Gasteiger charge is -2.23. The van der Waals surface area contributed by atoms with Gasteiger partial charge in [0.2, 0.25) is 0 Å². The first-order valence-corrected chi connectivity index (χ1v) is 7.49. The fraction of sp³-hybridized carbons (Fsp3) is 0.462. The number of benzene rings is 1. The van der Waals surface area contributed by atoms with Crippen molar-refractivity contribution in [2.45, 2.75) is 38.1 Å². The van der Waals surface area contributed by atoms with E-state index in [-0.39, 0.29) is 17.0 Å². The van der Waals surface area contributed by atoms with Crippen molar-refractivity contribution in [1.29, 1.82) is 0 Å². The zero-order chi connectivity index (χ0) is 13.1. The number of hydrogen-bond donors (Lipinski definition) is 1. The summed E-state index contributed by atoms with van der Waals surface area (Å²) in [5.41, 5.74) is 0.355. The third-order valence-corrected chi connectivity index (χ3v) is 4.33. The monoisotopic (exact) mass is 381 g/mol. The first-order valence-electron chi connectivity index (χ1n) is 6.03. The van der Waals surface area contributed by atoms with Crippen LogP contribution in [0, 0.1) is 9.39 Å². The second-order valence-electron chi connectivity index (χ2n) is 4.55. The van der Waals surface area contributed by atoms with Gasteiger partial charge >= 0.3 is 0 Å². The summed E-state index contributed by atoms with van der Waals surface area (Å²) in [5, 5.41) is 3.14. The molecular weight excluding hydrogens is 368 g/mol. The first-order chi connectivity index (χ1) is 8.58. The Morgan fingerprint density at radius 1 is 1.33 bits per heavy atom. The maximum Gasteiger partial charge on any atom is 0.253 e. The van der Waals surface area contributed by atoms with Gasteiger partial charge in [-0.05, 0) is 47.6 Å². The maximum absolute atomic E-state index is 13.3. The van der Waals surface area contributed by atoms with Crippen LogP contribution in [0.25, 0.3) is 0 Å². The minimum absolute atomic E-state index is 0.168. The molecule has 1 aliphatic rings. The van der Waals surface area contributed by atoms with Crippen LogP contribution in [0.2, 0.25) is 5.02 Å². The van der Waals surface area contributed by atoms with Crippen LogP contribution in [-0.4, -0.2) is 11.9 Å². The van der Waals surface area contributed by atoms with Gasteiger partial charge in [0.1, 0.15) is 5.82 Å². The molecule has 1 aromatic rings. The van der Waals surface area contributed by atoms with Crippen molar-refractivity contribution in [1.82, 2.24) is 5.32 Å². The Kier molecular flexibility index (Phi) is 4.84. The molecule has 1 fully saturated rings. The van der Waals surface area contributed by atoms with Gasteiger partial charge in [0, 0.05) is 9.61 Å².